The molecule has 4 nitrogen and oxygen atoms in total. The molecule has 0 unspecified atom stereocenters. The smallest absolute Gasteiger partial charge is 0.336 e. The van der Waals surface area contributed by atoms with Crippen LogP contribution in [0.25, 0.3) is 22.1 Å². The van der Waals surface area contributed by atoms with Gasteiger partial charge in [0.25, 0.3) is 0 Å². The number of hydrogen-bond acceptors (Lipinski definition) is 4. The zero-order chi connectivity index (χ0) is 16.2. The van der Waals surface area contributed by atoms with Gasteiger partial charge in [-0.3, -0.25) is 0 Å². The van der Waals surface area contributed by atoms with E-state index in [1.807, 2.05) is 36.4 Å². The van der Waals surface area contributed by atoms with Crippen molar-refractivity contribution in [3.63, 3.8) is 0 Å². The Hall–Kier alpha value is -2.75. The van der Waals surface area contributed by atoms with Gasteiger partial charge in [0, 0.05) is 17.5 Å². The van der Waals surface area contributed by atoms with Crippen molar-refractivity contribution in [1.29, 1.82) is 0 Å². The topological polar surface area (TPSA) is 48.7 Å². The molecule has 1 heterocycles. The molecule has 4 heteroatoms. The van der Waals surface area contributed by atoms with E-state index >= 15 is 0 Å². The first-order valence-electron chi connectivity index (χ1n) is 7.56. The highest BCUT2D eigenvalue weighted by Crippen LogP contribution is 2.31. The predicted molar refractivity (Wildman–Crippen MR) is 90.3 cm³/mol. The lowest BCUT2D eigenvalue weighted by atomic mass is 10.0. The molecule has 23 heavy (non-hydrogen) atoms. The number of rotatable bonds is 5. The molecular weight excluding hydrogens is 292 g/mol. The number of benzene rings is 2. The van der Waals surface area contributed by atoms with E-state index in [9.17, 15) is 4.79 Å². The van der Waals surface area contributed by atoms with Gasteiger partial charge in [-0.25, -0.2) is 4.79 Å². The molecule has 2 aromatic carbocycles. The summed E-state index contributed by atoms with van der Waals surface area (Å²) in [5.41, 5.74) is 1.86. The highest BCUT2D eigenvalue weighted by atomic mass is 16.5. The highest BCUT2D eigenvalue weighted by Gasteiger charge is 2.09. The van der Waals surface area contributed by atoms with E-state index in [1.54, 1.807) is 13.2 Å². The van der Waals surface area contributed by atoms with Crippen LogP contribution in [0.4, 0.5) is 0 Å². The van der Waals surface area contributed by atoms with Crippen LogP contribution in [0.5, 0.6) is 11.5 Å². The lowest BCUT2D eigenvalue weighted by molar-refractivity contribution is 0.317. The van der Waals surface area contributed by atoms with Crippen LogP contribution in [0.3, 0.4) is 0 Å². The molecule has 0 bridgehead atoms. The normalized spacial score (nSPS) is 10.7. The molecule has 1 aromatic heterocycles. The first-order chi connectivity index (χ1) is 11.2. The van der Waals surface area contributed by atoms with Crippen LogP contribution in [0.2, 0.25) is 0 Å². The molecule has 0 fully saturated rings. The number of fused-ring (bicyclic) bond motifs is 1. The average Bonchev–Trinajstić information content (AvgIpc) is 2.58. The molecule has 0 amide bonds. The maximum absolute atomic E-state index is 11.9. The minimum Gasteiger partial charge on any atom is -0.497 e. The van der Waals surface area contributed by atoms with E-state index in [0.717, 1.165) is 28.7 Å². The van der Waals surface area contributed by atoms with Crippen LogP contribution in [0.1, 0.15) is 13.3 Å². The summed E-state index contributed by atoms with van der Waals surface area (Å²) in [7, 11) is 1.58. The van der Waals surface area contributed by atoms with Gasteiger partial charge in [0.1, 0.15) is 17.1 Å². The van der Waals surface area contributed by atoms with Gasteiger partial charge in [-0.05, 0) is 41.8 Å². The summed E-state index contributed by atoms with van der Waals surface area (Å²) in [6.45, 7) is 2.73. The molecule has 0 saturated carbocycles. The highest BCUT2D eigenvalue weighted by molar-refractivity contribution is 5.93. The van der Waals surface area contributed by atoms with Gasteiger partial charge in [-0.1, -0.05) is 19.1 Å². The Morgan fingerprint density at radius 2 is 1.91 bits per heavy atom. The molecular formula is C19H18O4. The van der Waals surface area contributed by atoms with E-state index in [2.05, 4.69) is 6.92 Å². The van der Waals surface area contributed by atoms with Crippen LogP contribution >= 0.6 is 0 Å². The van der Waals surface area contributed by atoms with E-state index in [-0.39, 0.29) is 5.63 Å². The first kappa shape index (κ1) is 15.2. The minimum atomic E-state index is -0.388. The third kappa shape index (κ3) is 3.21. The lowest BCUT2D eigenvalue weighted by Gasteiger charge is -2.09. The summed E-state index contributed by atoms with van der Waals surface area (Å²) in [5, 5.41) is 0.859. The van der Waals surface area contributed by atoms with Gasteiger partial charge in [0.15, 0.2) is 0 Å². The molecule has 0 aliphatic rings. The maximum Gasteiger partial charge on any atom is 0.336 e. The zero-order valence-corrected chi connectivity index (χ0v) is 13.2. The van der Waals surface area contributed by atoms with E-state index in [4.69, 9.17) is 13.9 Å². The summed E-state index contributed by atoms with van der Waals surface area (Å²) in [6.07, 6.45) is 0.946. The van der Waals surface area contributed by atoms with Crippen LogP contribution in [-0.2, 0) is 0 Å². The maximum atomic E-state index is 11.9. The Morgan fingerprint density at radius 3 is 2.70 bits per heavy atom. The molecule has 0 aliphatic heterocycles. The number of methoxy groups -OCH3 is 1. The summed E-state index contributed by atoms with van der Waals surface area (Å²) in [4.78, 5) is 11.9. The van der Waals surface area contributed by atoms with Crippen molar-refractivity contribution < 1.29 is 13.9 Å². The molecule has 118 valence electrons. The Labute approximate surface area is 134 Å². The predicted octanol–water partition coefficient (Wildman–Crippen LogP) is 4.26. The Morgan fingerprint density at radius 1 is 1.04 bits per heavy atom. The SMILES string of the molecule is CCCOc1cccc(-c2cc(=O)oc3cc(OC)ccc23)c1. The van der Waals surface area contributed by atoms with Gasteiger partial charge < -0.3 is 13.9 Å². The minimum absolute atomic E-state index is 0.388. The fraction of sp³-hybridized carbons (Fsp3) is 0.211. The molecule has 0 aliphatic carbocycles. The first-order valence-corrected chi connectivity index (χ1v) is 7.56. The van der Waals surface area contributed by atoms with Gasteiger partial charge >= 0.3 is 5.63 Å². The Kier molecular flexibility index (Phi) is 4.33. The van der Waals surface area contributed by atoms with Crippen molar-refractivity contribution in [2.24, 2.45) is 0 Å². The average molecular weight is 310 g/mol. The van der Waals surface area contributed by atoms with Gasteiger partial charge in [-0.15, -0.1) is 0 Å². The van der Waals surface area contributed by atoms with E-state index < -0.39 is 0 Å². The van der Waals surface area contributed by atoms with Crippen LogP contribution in [-0.4, -0.2) is 13.7 Å². The summed E-state index contributed by atoms with van der Waals surface area (Å²) in [6, 6.07) is 14.7. The molecule has 0 saturated heterocycles. The zero-order valence-electron chi connectivity index (χ0n) is 13.2. The monoisotopic (exact) mass is 310 g/mol. The van der Waals surface area contributed by atoms with Crippen molar-refractivity contribution in [3.05, 3.63) is 59.0 Å². The lowest BCUT2D eigenvalue weighted by Crippen LogP contribution is -1.99. The van der Waals surface area contributed by atoms with Crippen molar-refractivity contribution in [2.45, 2.75) is 13.3 Å². The second-order valence-corrected chi connectivity index (χ2v) is 5.22. The van der Waals surface area contributed by atoms with Crippen LogP contribution in [0, 0.1) is 0 Å². The van der Waals surface area contributed by atoms with Gasteiger partial charge in [0.05, 0.1) is 13.7 Å². The molecule has 3 rings (SSSR count). The molecule has 0 radical (unpaired) electrons. The third-order valence-electron chi connectivity index (χ3n) is 3.57. The number of hydrogen-bond donors (Lipinski definition) is 0. The standard InChI is InChI=1S/C19H18O4/c1-3-9-22-15-6-4-5-13(10-15)17-12-19(20)23-18-11-14(21-2)7-8-16(17)18/h4-8,10-12H,3,9H2,1-2H3. The van der Waals surface area contributed by atoms with Crippen LogP contribution in [0.15, 0.2) is 57.7 Å². The summed E-state index contributed by atoms with van der Waals surface area (Å²) >= 11 is 0. The molecule has 0 atom stereocenters. The molecule has 3 aromatic rings. The van der Waals surface area contributed by atoms with Crippen molar-refractivity contribution in [3.8, 4) is 22.6 Å². The second kappa shape index (κ2) is 6.57. The van der Waals surface area contributed by atoms with E-state index in [0.29, 0.717) is 17.9 Å². The second-order valence-electron chi connectivity index (χ2n) is 5.22. The van der Waals surface area contributed by atoms with Gasteiger partial charge in [-0.2, -0.15) is 0 Å². The van der Waals surface area contributed by atoms with Gasteiger partial charge in [0.2, 0.25) is 0 Å². The molecule has 0 N–H and O–H groups in total. The fourth-order valence-corrected chi connectivity index (χ4v) is 2.48. The van der Waals surface area contributed by atoms with E-state index in [1.165, 1.54) is 6.07 Å². The van der Waals surface area contributed by atoms with Crippen molar-refractivity contribution in [2.75, 3.05) is 13.7 Å². The van der Waals surface area contributed by atoms with Crippen LogP contribution < -0.4 is 15.1 Å². The van der Waals surface area contributed by atoms with Crippen molar-refractivity contribution >= 4 is 11.0 Å². The summed E-state index contributed by atoms with van der Waals surface area (Å²) < 4.78 is 16.2. The molecule has 0 spiro atoms. The van der Waals surface area contributed by atoms with Crippen molar-refractivity contribution in [1.82, 2.24) is 0 Å². The third-order valence-corrected chi connectivity index (χ3v) is 3.57. The Bertz CT molecular complexity index is 880. The largest absolute Gasteiger partial charge is 0.497 e. The Balaban J connectivity index is 2.14. The fourth-order valence-electron chi connectivity index (χ4n) is 2.48. The number of ether oxygens (including phenoxy) is 2. The quantitative estimate of drug-likeness (QED) is 0.661. The summed E-state index contributed by atoms with van der Waals surface area (Å²) in [5.74, 6) is 1.44.